The van der Waals surface area contributed by atoms with Crippen molar-refractivity contribution >= 4 is 6.21 Å². The van der Waals surface area contributed by atoms with Crippen LogP contribution >= 0.6 is 0 Å². The number of hydrogen-bond acceptors (Lipinski definition) is 1. The molecule has 1 nitrogen and oxygen atoms in total. The first-order valence-electron chi connectivity index (χ1n) is 5.09. The summed E-state index contributed by atoms with van der Waals surface area (Å²) < 4.78 is 0. The Balaban J connectivity index is 4.12. The number of nitrogens with zero attached hydrogens (tertiary/aromatic N) is 1. The molecule has 0 fully saturated rings. The summed E-state index contributed by atoms with van der Waals surface area (Å²) in [6.45, 7) is 10.1. The zero-order valence-corrected chi connectivity index (χ0v) is 9.09. The van der Waals surface area contributed by atoms with E-state index in [0.29, 0.717) is 0 Å². The molecule has 0 aromatic heterocycles. The molecule has 0 saturated heterocycles. The zero-order chi connectivity index (χ0) is 10.1. The minimum atomic E-state index is 0.284. The van der Waals surface area contributed by atoms with Crippen LogP contribution in [0.5, 0.6) is 0 Å². The van der Waals surface area contributed by atoms with E-state index in [2.05, 4.69) is 38.4 Å². The third kappa shape index (κ3) is 5.40. The molecule has 0 aliphatic rings. The fourth-order valence-electron chi connectivity index (χ4n) is 1.10. The first-order chi connectivity index (χ1) is 6.28. The van der Waals surface area contributed by atoms with E-state index >= 15 is 0 Å². The normalized spacial score (nSPS) is 14.8. The maximum Gasteiger partial charge on any atom is 0.0674 e. The van der Waals surface area contributed by atoms with Gasteiger partial charge in [0.05, 0.1) is 6.04 Å². The van der Waals surface area contributed by atoms with Gasteiger partial charge < -0.3 is 0 Å². The van der Waals surface area contributed by atoms with E-state index in [4.69, 9.17) is 0 Å². The topological polar surface area (TPSA) is 12.4 Å². The molecule has 13 heavy (non-hydrogen) atoms. The van der Waals surface area contributed by atoms with Crippen molar-refractivity contribution in [3.8, 4) is 0 Å². The fraction of sp³-hybridized carbons (Fsp3) is 0.583. The molecule has 0 amide bonds. The first kappa shape index (κ1) is 12.2. The van der Waals surface area contributed by atoms with Crippen molar-refractivity contribution in [2.75, 3.05) is 0 Å². The summed E-state index contributed by atoms with van der Waals surface area (Å²) in [6, 6.07) is 0.284. The van der Waals surface area contributed by atoms with E-state index in [0.717, 1.165) is 12.8 Å². The van der Waals surface area contributed by atoms with Gasteiger partial charge in [-0.1, -0.05) is 32.4 Å². The number of aliphatic imine (C=N–C) groups is 1. The van der Waals surface area contributed by atoms with Crippen LogP contribution in [0.15, 0.2) is 29.3 Å². The second-order valence-electron chi connectivity index (χ2n) is 3.10. The van der Waals surface area contributed by atoms with E-state index in [-0.39, 0.29) is 6.04 Å². The molecular weight excluding hydrogens is 158 g/mol. The maximum atomic E-state index is 4.44. The summed E-state index contributed by atoms with van der Waals surface area (Å²) in [7, 11) is 0. The Labute approximate surface area is 82.3 Å². The van der Waals surface area contributed by atoms with Gasteiger partial charge in [-0.3, -0.25) is 4.99 Å². The molecule has 74 valence electrons. The van der Waals surface area contributed by atoms with Crippen molar-refractivity contribution in [3.63, 3.8) is 0 Å². The third-order valence-corrected chi connectivity index (χ3v) is 2.03. The molecule has 1 atom stereocenters. The average molecular weight is 179 g/mol. The van der Waals surface area contributed by atoms with Crippen LogP contribution in [0.25, 0.3) is 0 Å². The summed E-state index contributed by atoms with van der Waals surface area (Å²) >= 11 is 0. The van der Waals surface area contributed by atoms with Crippen LogP contribution in [0.4, 0.5) is 0 Å². The molecule has 0 aliphatic heterocycles. The van der Waals surface area contributed by atoms with Crippen LogP contribution in [0, 0.1) is 0 Å². The smallest absolute Gasteiger partial charge is 0.0674 e. The second kappa shape index (κ2) is 7.78. The lowest BCUT2D eigenvalue weighted by molar-refractivity contribution is 0.788. The summed E-state index contributed by atoms with van der Waals surface area (Å²) in [5.74, 6) is 0. The molecule has 1 heteroatoms. The number of rotatable bonds is 6. The molecule has 0 N–H and O–H groups in total. The molecular formula is C12H21N. The molecule has 0 aromatic carbocycles. The third-order valence-electron chi connectivity index (χ3n) is 2.03. The lowest BCUT2D eigenvalue weighted by atomic mass is 10.1. The van der Waals surface area contributed by atoms with Gasteiger partial charge in [0, 0.05) is 6.21 Å². The van der Waals surface area contributed by atoms with Crippen LogP contribution in [0.3, 0.4) is 0 Å². The quantitative estimate of drug-likeness (QED) is 0.435. The molecule has 0 spiro atoms. The highest BCUT2D eigenvalue weighted by atomic mass is 14.8. The van der Waals surface area contributed by atoms with E-state index in [1.807, 2.05) is 12.3 Å². The Hall–Kier alpha value is -0.850. The Kier molecular flexibility index (Phi) is 7.27. The number of hydrogen-bond donors (Lipinski definition) is 0. The van der Waals surface area contributed by atoms with Gasteiger partial charge in [0.25, 0.3) is 0 Å². The van der Waals surface area contributed by atoms with Gasteiger partial charge in [-0.05, 0) is 25.3 Å². The van der Waals surface area contributed by atoms with Crippen LogP contribution in [0.2, 0.25) is 0 Å². The SMILES string of the molecule is C=C[C@H](CC)N=C/C(=C/C)CCC. The molecule has 0 aliphatic carbocycles. The predicted octanol–water partition coefficient (Wildman–Crippen LogP) is 3.77. The standard InChI is InChI=1S/C12H21N/c1-5-9-11(6-2)10-13-12(7-3)8-4/h6-7,10,12H,3,5,8-9H2,1-2,4H3/b11-6+,13-10?/t12-/m1/s1. The van der Waals surface area contributed by atoms with Gasteiger partial charge in [-0.25, -0.2) is 0 Å². The summed E-state index contributed by atoms with van der Waals surface area (Å²) in [5.41, 5.74) is 1.32. The van der Waals surface area contributed by atoms with Gasteiger partial charge in [0.15, 0.2) is 0 Å². The van der Waals surface area contributed by atoms with Crippen LogP contribution in [0.1, 0.15) is 40.0 Å². The van der Waals surface area contributed by atoms with E-state index in [1.165, 1.54) is 12.0 Å². The highest BCUT2D eigenvalue weighted by molar-refractivity contribution is 5.78. The molecule has 0 unspecified atom stereocenters. The van der Waals surface area contributed by atoms with Crippen LogP contribution in [-0.2, 0) is 0 Å². The van der Waals surface area contributed by atoms with Crippen molar-refractivity contribution in [3.05, 3.63) is 24.3 Å². The molecule has 0 saturated carbocycles. The van der Waals surface area contributed by atoms with Crippen molar-refractivity contribution in [2.24, 2.45) is 4.99 Å². The summed E-state index contributed by atoms with van der Waals surface area (Å²) in [6.07, 6.45) is 9.34. The largest absolute Gasteiger partial charge is 0.285 e. The maximum absolute atomic E-state index is 4.44. The van der Waals surface area contributed by atoms with Gasteiger partial charge >= 0.3 is 0 Å². The Bertz CT molecular complexity index is 189. The monoisotopic (exact) mass is 179 g/mol. The van der Waals surface area contributed by atoms with Crippen molar-refractivity contribution in [1.29, 1.82) is 0 Å². The molecule has 0 radical (unpaired) electrons. The highest BCUT2D eigenvalue weighted by Gasteiger charge is 1.95. The van der Waals surface area contributed by atoms with E-state index in [1.54, 1.807) is 0 Å². The fourth-order valence-corrected chi connectivity index (χ4v) is 1.10. The van der Waals surface area contributed by atoms with Crippen LogP contribution in [-0.4, -0.2) is 12.3 Å². The molecule has 0 bridgehead atoms. The molecule has 0 aromatic rings. The summed E-state index contributed by atoms with van der Waals surface area (Å²) in [5, 5.41) is 0. The van der Waals surface area contributed by atoms with Gasteiger partial charge in [-0.2, -0.15) is 0 Å². The van der Waals surface area contributed by atoms with E-state index in [9.17, 15) is 0 Å². The molecule has 0 heterocycles. The Morgan fingerprint density at radius 1 is 1.46 bits per heavy atom. The lowest BCUT2D eigenvalue weighted by Gasteiger charge is -2.03. The van der Waals surface area contributed by atoms with Gasteiger partial charge in [0.2, 0.25) is 0 Å². The minimum absolute atomic E-state index is 0.284. The predicted molar refractivity (Wildman–Crippen MR) is 61.4 cm³/mol. The van der Waals surface area contributed by atoms with Gasteiger partial charge in [-0.15, -0.1) is 6.58 Å². The van der Waals surface area contributed by atoms with E-state index < -0.39 is 0 Å². The van der Waals surface area contributed by atoms with Gasteiger partial charge in [0.1, 0.15) is 0 Å². The van der Waals surface area contributed by atoms with Crippen LogP contribution < -0.4 is 0 Å². The summed E-state index contributed by atoms with van der Waals surface area (Å²) in [4.78, 5) is 4.44. The van der Waals surface area contributed by atoms with Crippen molar-refractivity contribution in [2.45, 2.75) is 46.1 Å². The Morgan fingerprint density at radius 3 is 2.54 bits per heavy atom. The zero-order valence-electron chi connectivity index (χ0n) is 9.09. The van der Waals surface area contributed by atoms with Crippen molar-refractivity contribution < 1.29 is 0 Å². The van der Waals surface area contributed by atoms with Crippen molar-refractivity contribution in [1.82, 2.24) is 0 Å². The first-order valence-corrected chi connectivity index (χ1v) is 5.09. The molecule has 0 rings (SSSR count). The average Bonchev–Trinajstić information content (AvgIpc) is 2.17. The number of allylic oxidation sites excluding steroid dienone is 2. The minimum Gasteiger partial charge on any atom is -0.285 e. The highest BCUT2D eigenvalue weighted by Crippen LogP contribution is 2.04. The lowest BCUT2D eigenvalue weighted by Crippen LogP contribution is -1.98. The Morgan fingerprint density at radius 2 is 2.15 bits per heavy atom. The second-order valence-corrected chi connectivity index (χ2v) is 3.10.